The molecule has 2 nitrogen and oxygen atoms in total. The van der Waals surface area contributed by atoms with Gasteiger partial charge < -0.3 is 9.47 Å². The highest BCUT2D eigenvalue weighted by atomic mass is 79.9. The van der Waals surface area contributed by atoms with Crippen LogP contribution in [0.4, 0.5) is 13.2 Å². The standard InChI is InChI=1S/C16H10BrCl2F3O2/c17-13-9-12(5-6-14(13)23-8-7-15(18)19)24-11-3-1-10(2-4-11)16(20,21)22/h1-7,9H,8H2. The second-order valence-corrected chi connectivity index (χ2v) is 6.38. The average Bonchev–Trinajstić information content (AvgIpc) is 2.49. The molecule has 0 bridgehead atoms. The van der Waals surface area contributed by atoms with Crippen LogP contribution in [0, 0.1) is 0 Å². The SMILES string of the molecule is FC(F)(F)c1ccc(Oc2ccc(OCC=C(Cl)Cl)c(Br)c2)cc1. The molecule has 2 aromatic rings. The largest absolute Gasteiger partial charge is 0.488 e. The van der Waals surface area contributed by atoms with Crippen molar-refractivity contribution in [3.63, 3.8) is 0 Å². The van der Waals surface area contributed by atoms with Gasteiger partial charge in [0.2, 0.25) is 0 Å². The highest BCUT2D eigenvalue weighted by Crippen LogP contribution is 2.34. The molecule has 2 rings (SSSR count). The van der Waals surface area contributed by atoms with E-state index in [1.807, 2.05) is 0 Å². The molecule has 128 valence electrons. The first-order valence-electron chi connectivity index (χ1n) is 6.54. The van der Waals surface area contributed by atoms with Crippen molar-refractivity contribution in [3.8, 4) is 17.2 Å². The Labute approximate surface area is 154 Å². The maximum Gasteiger partial charge on any atom is 0.416 e. The van der Waals surface area contributed by atoms with E-state index >= 15 is 0 Å². The summed E-state index contributed by atoms with van der Waals surface area (Å²) in [7, 11) is 0. The molecule has 0 atom stereocenters. The van der Waals surface area contributed by atoms with E-state index in [0.717, 1.165) is 12.1 Å². The summed E-state index contributed by atoms with van der Waals surface area (Å²) < 4.78 is 49.2. The second-order valence-electron chi connectivity index (χ2n) is 4.52. The predicted molar refractivity (Wildman–Crippen MR) is 90.9 cm³/mol. The number of alkyl halides is 3. The number of hydrogen-bond acceptors (Lipinski definition) is 2. The van der Waals surface area contributed by atoms with Crippen LogP contribution < -0.4 is 9.47 Å². The summed E-state index contributed by atoms with van der Waals surface area (Å²) in [6, 6.07) is 9.36. The molecule has 0 saturated heterocycles. The van der Waals surface area contributed by atoms with Crippen LogP contribution in [0.25, 0.3) is 0 Å². The van der Waals surface area contributed by atoms with Gasteiger partial charge in [0, 0.05) is 0 Å². The highest BCUT2D eigenvalue weighted by molar-refractivity contribution is 9.10. The van der Waals surface area contributed by atoms with Crippen molar-refractivity contribution in [1.29, 1.82) is 0 Å². The van der Waals surface area contributed by atoms with E-state index in [-0.39, 0.29) is 11.1 Å². The normalized spacial score (nSPS) is 11.1. The van der Waals surface area contributed by atoms with Crippen molar-refractivity contribution in [2.24, 2.45) is 0 Å². The summed E-state index contributed by atoms with van der Waals surface area (Å²) >= 11 is 14.3. The first-order valence-corrected chi connectivity index (χ1v) is 8.09. The van der Waals surface area contributed by atoms with Crippen LogP contribution in [0.1, 0.15) is 5.56 Å². The maximum absolute atomic E-state index is 12.5. The summed E-state index contributed by atoms with van der Waals surface area (Å²) in [5, 5.41) is 0. The van der Waals surface area contributed by atoms with Crippen LogP contribution in [-0.2, 0) is 6.18 Å². The molecule has 8 heteroatoms. The first-order chi connectivity index (χ1) is 11.3. The third-order valence-electron chi connectivity index (χ3n) is 2.80. The molecule has 0 unspecified atom stereocenters. The molecule has 0 aliphatic rings. The fourth-order valence-corrected chi connectivity index (χ4v) is 2.30. The fraction of sp³-hybridized carbons (Fsp3) is 0.125. The van der Waals surface area contributed by atoms with E-state index in [9.17, 15) is 13.2 Å². The molecule has 0 aliphatic carbocycles. The lowest BCUT2D eigenvalue weighted by atomic mass is 10.2. The molecule has 0 fully saturated rings. The van der Waals surface area contributed by atoms with Crippen LogP contribution in [0.2, 0.25) is 0 Å². The van der Waals surface area contributed by atoms with Gasteiger partial charge in [0.15, 0.2) is 0 Å². The van der Waals surface area contributed by atoms with Gasteiger partial charge in [-0.2, -0.15) is 13.2 Å². The van der Waals surface area contributed by atoms with Gasteiger partial charge >= 0.3 is 6.18 Å². The van der Waals surface area contributed by atoms with Crippen molar-refractivity contribution in [2.45, 2.75) is 6.18 Å². The molecule has 0 N–H and O–H groups in total. The maximum atomic E-state index is 12.5. The van der Waals surface area contributed by atoms with Crippen LogP contribution >= 0.6 is 39.1 Å². The van der Waals surface area contributed by atoms with Crippen LogP contribution in [-0.4, -0.2) is 6.61 Å². The third-order valence-corrected chi connectivity index (χ3v) is 3.73. The Morgan fingerprint density at radius 3 is 2.21 bits per heavy atom. The summed E-state index contributed by atoms with van der Waals surface area (Å²) in [6.45, 7) is 0.194. The van der Waals surface area contributed by atoms with Gasteiger partial charge in [0.25, 0.3) is 0 Å². The van der Waals surface area contributed by atoms with E-state index in [1.165, 1.54) is 18.2 Å². The fourth-order valence-electron chi connectivity index (χ4n) is 1.70. The molecule has 2 aromatic carbocycles. The molecule has 0 aliphatic heterocycles. The lowest BCUT2D eigenvalue weighted by Crippen LogP contribution is -2.04. The van der Waals surface area contributed by atoms with Gasteiger partial charge in [-0.1, -0.05) is 23.2 Å². The Bertz CT molecular complexity index is 727. The zero-order valence-electron chi connectivity index (χ0n) is 11.9. The van der Waals surface area contributed by atoms with Gasteiger partial charge in [-0.15, -0.1) is 0 Å². The van der Waals surface area contributed by atoms with Crippen molar-refractivity contribution in [1.82, 2.24) is 0 Å². The number of benzene rings is 2. The molecule has 0 spiro atoms. The number of halogens is 6. The van der Waals surface area contributed by atoms with Crippen LogP contribution in [0.15, 0.2) is 57.5 Å². The highest BCUT2D eigenvalue weighted by Gasteiger charge is 2.30. The van der Waals surface area contributed by atoms with Crippen molar-refractivity contribution in [3.05, 3.63) is 63.1 Å². The van der Waals surface area contributed by atoms with Gasteiger partial charge in [-0.25, -0.2) is 0 Å². The molecular formula is C16H10BrCl2F3O2. The smallest absolute Gasteiger partial charge is 0.416 e. The number of ether oxygens (including phenoxy) is 2. The Kier molecular flexibility index (Phi) is 6.43. The van der Waals surface area contributed by atoms with Crippen molar-refractivity contribution >= 4 is 39.1 Å². The molecule has 0 radical (unpaired) electrons. The minimum atomic E-state index is -4.37. The minimum absolute atomic E-state index is 0.105. The Balaban J connectivity index is 2.05. The van der Waals surface area contributed by atoms with Gasteiger partial charge in [-0.05, 0) is 64.5 Å². The first kappa shape index (κ1) is 19.0. The Morgan fingerprint density at radius 2 is 1.67 bits per heavy atom. The van der Waals surface area contributed by atoms with Crippen LogP contribution in [0.3, 0.4) is 0 Å². The lowest BCUT2D eigenvalue weighted by Gasteiger charge is -2.11. The summed E-state index contributed by atoms with van der Waals surface area (Å²) in [5.41, 5.74) is -0.731. The average molecular weight is 442 g/mol. The van der Waals surface area contributed by atoms with Crippen molar-refractivity contribution < 1.29 is 22.6 Å². The van der Waals surface area contributed by atoms with Gasteiger partial charge in [0.05, 0.1) is 10.0 Å². The number of hydrogen-bond donors (Lipinski definition) is 0. The van der Waals surface area contributed by atoms with E-state index in [4.69, 9.17) is 32.7 Å². The van der Waals surface area contributed by atoms with E-state index in [2.05, 4.69) is 15.9 Å². The molecule has 0 heterocycles. The molecule has 0 amide bonds. The zero-order valence-corrected chi connectivity index (χ0v) is 15.0. The number of rotatable bonds is 5. The summed E-state index contributed by atoms with van der Waals surface area (Å²) in [6.07, 6.45) is -2.89. The topological polar surface area (TPSA) is 18.5 Å². The van der Waals surface area contributed by atoms with E-state index in [1.54, 1.807) is 18.2 Å². The predicted octanol–water partition coefficient (Wildman–Crippen LogP) is 6.96. The molecule has 0 saturated carbocycles. The Morgan fingerprint density at radius 1 is 1.04 bits per heavy atom. The van der Waals surface area contributed by atoms with Gasteiger partial charge in [0.1, 0.15) is 28.3 Å². The summed E-state index contributed by atoms with van der Waals surface area (Å²) in [4.78, 5) is 0. The monoisotopic (exact) mass is 440 g/mol. The minimum Gasteiger partial charge on any atom is -0.488 e. The third kappa shape index (κ3) is 5.61. The lowest BCUT2D eigenvalue weighted by molar-refractivity contribution is -0.137. The molecule has 0 aromatic heterocycles. The molecular weight excluding hydrogens is 432 g/mol. The Hall–Kier alpha value is -1.37. The van der Waals surface area contributed by atoms with E-state index < -0.39 is 11.7 Å². The summed E-state index contributed by atoms with van der Waals surface area (Å²) in [5.74, 6) is 1.28. The van der Waals surface area contributed by atoms with Crippen LogP contribution in [0.5, 0.6) is 17.2 Å². The zero-order chi connectivity index (χ0) is 17.7. The van der Waals surface area contributed by atoms with E-state index in [0.29, 0.717) is 21.7 Å². The second kappa shape index (κ2) is 8.14. The van der Waals surface area contributed by atoms with Gasteiger partial charge in [-0.3, -0.25) is 0 Å². The quantitative estimate of drug-likeness (QED) is 0.499. The molecule has 24 heavy (non-hydrogen) atoms. The van der Waals surface area contributed by atoms with Crippen molar-refractivity contribution in [2.75, 3.05) is 6.61 Å².